The van der Waals surface area contributed by atoms with Crippen LogP contribution in [0.3, 0.4) is 0 Å². The second kappa shape index (κ2) is 9.70. The van der Waals surface area contributed by atoms with Crippen molar-refractivity contribution < 1.29 is 13.2 Å². The monoisotopic (exact) mass is 460 g/mol. The Kier molecular flexibility index (Phi) is 6.55. The second-order valence-corrected chi connectivity index (χ2v) is 9.27. The minimum atomic E-state index is -3.92. The summed E-state index contributed by atoms with van der Waals surface area (Å²) >= 11 is 0. The molecule has 0 saturated heterocycles. The molecular weight excluding hydrogens is 436 g/mol. The molecule has 1 amide bonds. The van der Waals surface area contributed by atoms with Crippen molar-refractivity contribution in [1.29, 1.82) is 0 Å². The second-order valence-electron chi connectivity index (χ2n) is 7.41. The summed E-state index contributed by atoms with van der Waals surface area (Å²) in [7, 11) is -3.92. The predicted octanol–water partition coefficient (Wildman–Crippen LogP) is 3.69. The lowest BCUT2D eigenvalue weighted by Crippen LogP contribution is -2.40. The molecule has 0 spiro atoms. The third-order valence-electron chi connectivity index (χ3n) is 5.22. The van der Waals surface area contributed by atoms with E-state index in [0.717, 1.165) is 21.4 Å². The number of imidazole rings is 1. The Labute approximate surface area is 193 Å². The number of nitrogens with zero attached hydrogens (tertiary/aromatic N) is 3. The fourth-order valence-electron chi connectivity index (χ4n) is 3.54. The minimum Gasteiger partial charge on any atom is -0.350 e. The zero-order valence-corrected chi connectivity index (χ0v) is 18.9. The van der Waals surface area contributed by atoms with E-state index in [9.17, 15) is 13.2 Å². The zero-order valence-electron chi connectivity index (χ0n) is 18.1. The number of aromatic nitrogens is 2. The molecule has 0 atom stereocenters. The lowest BCUT2D eigenvalue weighted by atomic mass is 10.1. The molecule has 3 aromatic carbocycles. The predicted molar refractivity (Wildman–Crippen MR) is 128 cm³/mol. The molecule has 0 radical (unpaired) electrons. The number of carbonyl (C=O) groups excluding carboxylic acids is 1. The van der Waals surface area contributed by atoms with Gasteiger partial charge in [-0.1, -0.05) is 54.6 Å². The number of para-hydroxylation sites is 2. The number of carbonyl (C=O) groups is 1. The highest BCUT2D eigenvalue weighted by molar-refractivity contribution is 7.92. The van der Waals surface area contributed by atoms with Gasteiger partial charge in [-0.3, -0.25) is 9.10 Å². The number of sulfonamides is 1. The molecule has 7 nitrogen and oxygen atoms in total. The third-order valence-corrected chi connectivity index (χ3v) is 7.00. The van der Waals surface area contributed by atoms with Crippen LogP contribution < -0.4 is 9.62 Å². The molecule has 0 saturated carbocycles. The van der Waals surface area contributed by atoms with E-state index in [-0.39, 0.29) is 18.0 Å². The fourth-order valence-corrected chi connectivity index (χ4v) is 4.98. The summed E-state index contributed by atoms with van der Waals surface area (Å²) in [5.41, 5.74) is 2.22. The van der Waals surface area contributed by atoms with Crippen LogP contribution >= 0.6 is 0 Å². The summed E-state index contributed by atoms with van der Waals surface area (Å²) in [5, 5.41) is 2.87. The van der Waals surface area contributed by atoms with E-state index in [0.29, 0.717) is 5.69 Å². The quantitative estimate of drug-likeness (QED) is 0.435. The Morgan fingerprint density at radius 1 is 0.939 bits per heavy atom. The lowest BCUT2D eigenvalue weighted by molar-refractivity contribution is -0.119. The molecule has 0 aliphatic carbocycles. The van der Waals surface area contributed by atoms with Gasteiger partial charge in [0.2, 0.25) is 5.91 Å². The summed E-state index contributed by atoms with van der Waals surface area (Å²) in [4.78, 5) is 17.3. The molecule has 0 aliphatic rings. The highest BCUT2D eigenvalue weighted by Crippen LogP contribution is 2.23. The van der Waals surface area contributed by atoms with Crippen LogP contribution in [0.4, 0.5) is 5.69 Å². The van der Waals surface area contributed by atoms with Gasteiger partial charge in [-0.05, 0) is 42.8 Å². The Morgan fingerprint density at radius 2 is 1.58 bits per heavy atom. The molecule has 1 aromatic heterocycles. The molecular formula is C25H24N4O3S. The molecule has 0 unspecified atom stereocenters. The van der Waals surface area contributed by atoms with E-state index in [4.69, 9.17) is 0 Å². The number of rotatable bonds is 8. The molecule has 33 heavy (non-hydrogen) atoms. The first-order valence-electron chi connectivity index (χ1n) is 10.4. The van der Waals surface area contributed by atoms with Crippen molar-refractivity contribution in [2.75, 3.05) is 10.8 Å². The Hall–Kier alpha value is -3.91. The lowest BCUT2D eigenvalue weighted by Gasteiger charge is -2.24. The van der Waals surface area contributed by atoms with Crippen molar-refractivity contribution in [3.8, 4) is 5.69 Å². The first kappa shape index (κ1) is 22.3. The van der Waals surface area contributed by atoms with Gasteiger partial charge in [-0.25, -0.2) is 13.4 Å². The standard InChI is InChI=1S/C25H24N4O3S/c1-20-26-16-17-28(20)24-15-9-8-10-21(24)18-27-25(30)19-29(22-11-4-2-5-12-22)33(31,32)23-13-6-3-7-14-23/h2-17H,18-19H2,1H3,(H,27,30). The van der Waals surface area contributed by atoms with Crippen LogP contribution in [0.2, 0.25) is 0 Å². The average Bonchev–Trinajstić information content (AvgIpc) is 3.28. The number of amides is 1. The van der Waals surface area contributed by atoms with Gasteiger partial charge >= 0.3 is 0 Å². The van der Waals surface area contributed by atoms with Crippen molar-refractivity contribution in [3.63, 3.8) is 0 Å². The van der Waals surface area contributed by atoms with Gasteiger partial charge in [0.25, 0.3) is 10.0 Å². The third kappa shape index (κ3) is 4.96. The molecule has 0 bridgehead atoms. The summed E-state index contributed by atoms with van der Waals surface area (Å²) in [5.74, 6) is 0.425. The maximum absolute atomic E-state index is 13.3. The molecule has 168 valence electrons. The minimum absolute atomic E-state index is 0.127. The molecule has 8 heteroatoms. The van der Waals surface area contributed by atoms with Crippen molar-refractivity contribution in [1.82, 2.24) is 14.9 Å². The van der Waals surface area contributed by atoms with E-state index < -0.39 is 15.9 Å². The zero-order chi connectivity index (χ0) is 23.3. The fraction of sp³-hybridized carbons (Fsp3) is 0.120. The molecule has 1 N–H and O–H groups in total. The first-order valence-corrected chi connectivity index (χ1v) is 11.9. The van der Waals surface area contributed by atoms with E-state index >= 15 is 0 Å². The highest BCUT2D eigenvalue weighted by atomic mass is 32.2. The van der Waals surface area contributed by atoms with E-state index in [1.165, 1.54) is 12.1 Å². The Morgan fingerprint density at radius 3 is 2.24 bits per heavy atom. The van der Waals surface area contributed by atoms with Crippen LogP contribution in [0.15, 0.2) is 102 Å². The maximum Gasteiger partial charge on any atom is 0.264 e. The Bertz CT molecular complexity index is 1340. The van der Waals surface area contributed by atoms with Gasteiger partial charge in [0.05, 0.1) is 16.3 Å². The first-order chi connectivity index (χ1) is 16.0. The van der Waals surface area contributed by atoms with Gasteiger partial charge in [-0.2, -0.15) is 0 Å². The molecule has 4 rings (SSSR count). The van der Waals surface area contributed by atoms with Gasteiger partial charge < -0.3 is 9.88 Å². The van der Waals surface area contributed by atoms with Crippen molar-refractivity contribution >= 4 is 21.6 Å². The molecule has 0 aliphatic heterocycles. The largest absolute Gasteiger partial charge is 0.350 e. The van der Waals surface area contributed by atoms with Gasteiger partial charge in [0.15, 0.2) is 0 Å². The molecule has 1 heterocycles. The van der Waals surface area contributed by atoms with Crippen molar-refractivity contribution in [3.05, 3.63) is 109 Å². The summed E-state index contributed by atoms with van der Waals surface area (Å²) in [6.45, 7) is 1.82. The number of aryl methyl sites for hydroxylation is 1. The van der Waals surface area contributed by atoms with Crippen LogP contribution in [0.1, 0.15) is 11.4 Å². The smallest absolute Gasteiger partial charge is 0.264 e. The van der Waals surface area contributed by atoms with Crippen molar-refractivity contribution in [2.45, 2.75) is 18.4 Å². The normalized spacial score (nSPS) is 11.2. The van der Waals surface area contributed by atoms with Crippen LogP contribution in [0, 0.1) is 6.92 Å². The van der Waals surface area contributed by atoms with E-state index in [1.807, 2.05) is 42.0 Å². The number of nitrogens with one attached hydrogen (secondary N) is 1. The van der Waals surface area contributed by atoms with Crippen LogP contribution in [0.25, 0.3) is 5.69 Å². The summed E-state index contributed by atoms with van der Waals surface area (Å²) < 4.78 is 29.7. The average molecular weight is 461 g/mol. The topological polar surface area (TPSA) is 84.3 Å². The summed E-state index contributed by atoms with van der Waals surface area (Å²) in [6.07, 6.45) is 3.58. The Balaban J connectivity index is 1.55. The number of hydrogen-bond donors (Lipinski definition) is 1. The summed E-state index contributed by atoms with van der Waals surface area (Å²) in [6, 6.07) is 24.4. The number of anilines is 1. The van der Waals surface area contributed by atoms with E-state index in [2.05, 4.69) is 10.3 Å². The highest BCUT2D eigenvalue weighted by Gasteiger charge is 2.27. The molecule has 4 aromatic rings. The van der Waals surface area contributed by atoms with Gasteiger partial charge in [0, 0.05) is 18.9 Å². The van der Waals surface area contributed by atoms with Crippen molar-refractivity contribution in [2.24, 2.45) is 0 Å². The number of hydrogen-bond acceptors (Lipinski definition) is 4. The van der Waals surface area contributed by atoms with Gasteiger partial charge in [0.1, 0.15) is 12.4 Å². The number of benzene rings is 3. The SMILES string of the molecule is Cc1nccn1-c1ccccc1CNC(=O)CN(c1ccccc1)S(=O)(=O)c1ccccc1. The van der Waals surface area contributed by atoms with Crippen LogP contribution in [-0.4, -0.2) is 30.4 Å². The maximum atomic E-state index is 13.3. The molecule has 0 fully saturated rings. The van der Waals surface area contributed by atoms with Crippen LogP contribution in [0.5, 0.6) is 0 Å². The van der Waals surface area contributed by atoms with Crippen LogP contribution in [-0.2, 0) is 21.4 Å². The van der Waals surface area contributed by atoms with E-state index in [1.54, 1.807) is 54.7 Å². The van der Waals surface area contributed by atoms with Gasteiger partial charge in [-0.15, -0.1) is 0 Å².